The minimum Gasteiger partial charge on any atom is -0.399 e. The second-order valence-corrected chi connectivity index (χ2v) is 4.42. The maximum Gasteiger partial charge on any atom is 0.256 e. The number of nitrogens with one attached hydrogen (secondary N) is 1. The fraction of sp³-hybridized carbons (Fsp3) is 0. The van der Waals surface area contributed by atoms with Crippen molar-refractivity contribution in [1.29, 1.82) is 5.26 Å². The fourth-order valence-electron chi connectivity index (χ4n) is 1.41. The van der Waals surface area contributed by atoms with Crippen LogP contribution < -0.4 is 11.1 Å². The lowest BCUT2D eigenvalue weighted by molar-refractivity contribution is 0.102. The van der Waals surface area contributed by atoms with Crippen molar-refractivity contribution in [3.63, 3.8) is 0 Å². The Morgan fingerprint density at radius 2 is 2.22 bits per heavy atom. The summed E-state index contributed by atoms with van der Waals surface area (Å²) in [4.78, 5) is 11.8. The number of nitrogens with two attached hydrogens (primary N) is 1. The van der Waals surface area contributed by atoms with E-state index < -0.39 is 11.7 Å². The van der Waals surface area contributed by atoms with E-state index in [1.54, 1.807) is 11.4 Å². The topological polar surface area (TPSA) is 78.9 Å². The lowest BCUT2D eigenvalue weighted by Gasteiger charge is -2.04. The van der Waals surface area contributed by atoms with Gasteiger partial charge in [-0.25, -0.2) is 4.39 Å². The molecule has 0 fully saturated rings. The van der Waals surface area contributed by atoms with E-state index in [1.807, 2.05) is 6.07 Å². The lowest BCUT2D eigenvalue weighted by Crippen LogP contribution is -2.12. The zero-order chi connectivity index (χ0) is 13.1. The number of amides is 1. The standard InChI is InChI=1S/C12H8FN3OS/c13-9-3-8(4-10(15)5-9)11(17)16-12-7(6-14)1-2-18-12/h1-5H,15H2,(H,16,17). The molecule has 90 valence electrons. The molecular formula is C12H8FN3OS. The van der Waals surface area contributed by atoms with E-state index in [0.29, 0.717) is 10.6 Å². The average Bonchev–Trinajstić information content (AvgIpc) is 2.75. The molecule has 1 heterocycles. The van der Waals surface area contributed by atoms with Crippen molar-refractivity contribution in [2.45, 2.75) is 0 Å². The summed E-state index contributed by atoms with van der Waals surface area (Å²) in [6.07, 6.45) is 0. The summed E-state index contributed by atoms with van der Waals surface area (Å²) >= 11 is 1.23. The maximum absolute atomic E-state index is 13.1. The van der Waals surface area contributed by atoms with Crippen molar-refractivity contribution in [3.05, 3.63) is 46.6 Å². The molecule has 0 radical (unpaired) electrons. The Labute approximate surface area is 106 Å². The number of rotatable bonds is 2. The normalized spacial score (nSPS) is 9.78. The largest absolute Gasteiger partial charge is 0.399 e. The molecule has 0 atom stereocenters. The van der Waals surface area contributed by atoms with Crippen molar-refractivity contribution >= 4 is 27.9 Å². The summed E-state index contributed by atoms with van der Waals surface area (Å²) in [6, 6.07) is 7.14. The molecule has 0 aliphatic carbocycles. The van der Waals surface area contributed by atoms with Gasteiger partial charge in [-0.1, -0.05) is 0 Å². The molecule has 2 rings (SSSR count). The van der Waals surface area contributed by atoms with Gasteiger partial charge in [-0.3, -0.25) is 4.79 Å². The highest BCUT2D eigenvalue weighted by Gasteiger charge is 2.11. The SMILES string of the molecule is N#Cc1ccsc1NC(=O)c1cc(N)cc(F)c1. The average molecular weight is 261 g/mol. The van der Waals surface area contributed by atoms with Crippen LogP contribution in [-0.2, 0) is 0 Å². The Morgan fingerprint density at radius 1 is 1.44 bits per heavy atom. The summed E-state index contributed by atoms with van der Waals surface area (Å²) < 4.78 is 13.1. The van der Waals surface area contributed by atoms with Gasteiger partial charge in [0.05, 0.1) is 5.56 Å². The first-order chi connectivity index (χ1) is 8.60. The predicted octanol–water partition coefficient (Wildman–Crippen LogP) is 2.59. The molecular weight excluding hydrogens is 253 g/mol. The molecule has 3 N–H and O–H groups in total. The Bertz CT molecular complexity index is 625. The van der Waals surface area contributed by atoms with E-state index in [9.17, 15) is 9.18 Å². The van der Waals surface area contributed by atoms with Gasteiger partial charge < -0.3 is 11.1 Å². The lowest BCUT2D eigenvalue weighted by atomic mass is 10.2. The zero-order valence-electron chi connectivity index (χ0n) is 9.11. The van der Waals surface area contributed by atoms with E-state index in [-0.39, 0.29) is 11.3 Å². The van der Waals surface area contributed by atoms with Crippen LogP contribution in [0, 0.1) is 17.1 Å². The van der Waals surface area contributed by atoms with Crippen LogP contribution in [-0.4, -0.2) is 5.91 Å². The van der Waals surface area contributed by atoms with Gasteiger partial charge in [0.2, 0.25) is 0 Å². The van der Waals surface area contributed by atoms with E-state index in [2.05, 4.69) is 5.32 Å². The number of hydrogen-bond donors (Lipinski definition) is 2. The van der Waals surface area contributed by atoms with Crippen LogP contribution in [0.15, 0.2) is 29.6 Å². The molecule has 0 saturated carbocycles. The second-order valence-electron chi connectivity index (χ2n) is 3.50. The smallest absolute Gasteiger partial charge is 0.256 e. The Hall–Kier alpha value is -2.39. The molecule has 0 spiro atoms. The van der Waals surface area contributed by atoms with Crippen LogP contribution in [0.5, 0.6) is 0 Å². The second kappa shape index (κ2) is 4.85. The molecule has 1 aromatic carbocycles. The molecule has 6 heteroatoms. The molecule has 18 heavy (non-hydrogen) atoms. The van der Waals surface area contributed by atoms with Crippen molar-refractivity contribution in [3.8, 4) is 6.07 Å². The summed E-state index contributed by atoms with van der Waals surface area (Å²) in [6.45, 7) is 0. The van der Waals surface area contributed by atoms with Crippen molar-refractivity contribution in [2.75, 3.05) is 11.1 Å². The molecule has 0 aliphatic rings. The number of benzene rings is 1. The summed E-state index contributed by atoms with van der Waals surface area (Å²) in [5.74, 6) is -1.08. The van der Waals surface area contributed by atoms with Gasteiger partial charge in [0.1, 0.15) is 16.9 Å². The molecule has 4 nitrogen and oxygen atoms in total. The summed E-state index contributed by atoms with van der Waals surface area (Å²) in [5.41, 5.74) is 6.12. The van der Waals surface area contributed by atoms with Gasteiger partial charge in [-0.05, 0) is 29.6 Å². The summed E-state index contributed by atoms with van der Waals surface area (Å²) in [5, 5.41) is 13.5. The highest BCUT2D eigenvalue weighted by molar-refractivity contribution is 7.14. The van der Waals surface area contributed by atoms with Crippen LogP contribution in [0.3, 0.4) is 0 Å². The van der Waals surface area contributed by atoms with Gasteiger partial charge in [0.25, 0.3) is 5.91 Å². The third kappa shape index (κ3) is 2.47. The first-order valence-electron chi connectivity index (χ1n) is 4.95. The van der Waals surface area contributed by atoms with E-state index >= 15 is 0 Å². The van der Waals surface area contributed by atoms with Crippen molar-refractivity contribution in [2.24, 2.45) is 0 Å². The molecule has 2 aromatic rings. The number of hydrogen-bond acceptors (Lipinski definition) is 4. The van der Waals surface area contributed by atoms with Crippen LogP contribution in [0.1, 0.15) is 15.9 Å². The Morgan fingerprint density at radius 3 is 2.89 bits per heavy atom. The number of nitrogens with zero attached hydrogens (tertiary/aromatic N) is 1. The maximum atomic E-state index is 13.1. The summed E-state index contributed by atoms with van der Waals surface area (Å²) in [7, 11) is 0. The Balaban J connectivity index is 2.25. The van der Waals surface area contributed by atoms with Crippen LogP contribution in [0.25, 0.3) is 0 Å². The minimum atomic E-state index is -0.577. The first kappa shape index (κ1) is 12.1. The Kier molecular flexibility index (Phi) is 3.26. The number of carbonyl (C=O) groups is 1. The molecule has 1 aromatic heterocycles. The number of thiophene rings is 1. The van der Waals surface area contributed by atoms with E-state index in [1.165, 1.54) is 17.4 Å². The quantitative estimate of drug-likeness (QED) is 0.815. The van der Waals surface area contributed by atoms with Gasteiger partial charge in [0, 0.05) is 11.3 Å². The third-order valence-electron chi connectivity index (χ3n) is 2.20. The number of halogens is 1. The van der Waals surface area contributed by atoms with Crippen LogP contribution in [0.4, 0.5) is 15.1 Å². The number of anilines is 2. The molecule has 1 amide bonds. The minimum absolute atomic E-state index is 0.116. The first-order valence-corrected chi connectivity index (χ1v) is 5.83. The predicted molar refractivity (Wildman–Crippen MR) is 67.8 cm³/mol. The van der Waals surface area contributed by atoms with Gasteiger partial charge in [-0.2, -0.15) is 5.26 Å². The highest BCUT2D eigenvalue weighted by atomic mass is 32.1. The van der Waals surface area contributed by atoms with E-state index in [0.717, 1.165) is 12.1 Å². The third-order valence-corrected chi connectivity index (χ3v) is 3.02. The zero-order valence-corrected chi connectivity index (χ0v) is 9.92. The van der Waals surface area contributed by atoms with Crippen molar-refractivity contribution < 1.29 is 9.18 Å². The fourth-order valence-corrected chi connectivity index (χ4v) is 2.15. The van der Waals surface area contributed by atoms with Gasteiger partial charge in [-0.15, -0.1) is 11.3 Å². The number of nitriles is 1. The van der Waals surface area contributed by atoms with Crippen LogP contribution in [0.2, 0.25) is 0 Å². The molecule has 0 unspecified atom stereocenters. The molecule has 0 saturated heterocycles. The van der Waals surface area contributed by atoms with E-state index in [4.69, 9.17) is 11.0 Å². The number of carbonyl (C=O) groups excluding carboxylic acids is 1. The molecule has 0 aliphatic heterocycles. The number of nitrogen functional groups attached to an aromatic ring is 1. The van der Waals surface area contributed by atoms with Gasteiger partial charge >= 0.3 is 0 Å². The molecule has 0 bridgehead atoms. The van der Waals surface area contributed by atoms with Gasteiger partial charge in [0.15, 0.2) is 0 Å². The van der Waals surface area contributed by atoms with Crippen LogP contribution >= 0.6 is 11.3 Å². The van der Waals surface area contributed by atoms with Crippen molar-refractivity contribution in [1.82, 2.24) is 0 Å². The monoisotopic (exact) mass is 261 g/mol. The highest BCUT2D eigenvalue weighted by Crippen LogP contribution is 2.23.